The minimum atomic E-state index is -4.89. The number of benzene rings is 4. The molecular formula is C16H13Na3O9S3. The van der Waals surface area contributed by atoms with Crippen LogP contribution in [0.4, 0.5) is 0 Å². The SMILES string of the molecule is O=S(=O)(O)c1ccc2ccc3c(S(=O)(=O)O)cc(S(=O)(=O)O)c4ccc1c2c34.[NaH].[NaH].[NaH]. The molecule has 0 bridgehead atoms. The normalized spacial score (nSPS) is 12.4. The Morgan fingerprint density at radius 1 is 0.484 bits per heavy atom. The molecule has 9 nitrogen and oxygen atoms in total. The predicted octanol–water partition coefficient (Wildman–Crippen LogP) is 0.379. The van der Waals surface area contributed by atoms with Gasteiger partial charge in [0.25, 0.3) is 30.4 Å². The maximum absolute atomic E-state index is 11.8. The average molecular weight is 514 g/mol. The van der Waals surface area contributed by atoms with Crippen LogP contribution in [0.2, 0.25) is 0 Å². The van der Waals surface area contributed by atoms with E-state index < -0.39 is 45.0 Å². The van der Waals surface area contributed by atoms with Gasteiger partial charge in [0.2, 0.25) is 0 Å². The molecule has 4 rings (SSSR count). The first-order valence-corrected chi connectivity index (χ1v) is 11.8. The molecule has 0 saturated carbocycles. The van der Waals surface area contributed by atoms with Crippen molar-refractivity contribution in [2.24, 2.45) is 0 Å². The van der Waals surface area contributed by atoms with Gasteiger partial charge in [0.15, 0.2) is 0 Å². The monoisotopic (exact) mass is 514 g/mol. The summed E-state index contributed by atoms with van der Waals surface area (Å²) in [5, 5.41) is 0.455. The fraction of sp³-hybridized carbons (Fsp3) is 0. The van der Waals surface area contributed by atoms with Crippen LogP contribution in [0, 0.1) is 0 Å². The van der Waals surface area contributed by atoms with Gasteiger partial charge in [-0.3, -0.25) is 13.7 Å². The molecule has 3 N–H and O–H groups in total. The molecule has 0 aliphatic carbocycles. The van der Waals surface area contributed by atoms with Gasteiger partial charge in [0, 0.05) is 21.5 Å². The Labute approximate surface area is 244 Å². The quantitative estimate of drug-likeness (QED) is 0.199. The number of hydrogen-bond acceptors (Lipinski definition) is 6. The second-order valence-electron chi connectivity index (χ2n) is 6.11. The third kappa shape index (κ3) is 5.19. The summed E-state index contributed by atoms with van der Waals surface area (Å²) in [5.41, 5.74) is 0. The summed E-state index contributed by atoms with van der Waals surface area (Å²) in [4.78, 5) is -1.99. The minimum absolute atomic E-state index is 0. The molecule has 0 unspecified atom stereocenters. The van der Waals surface area contributed by atoms with Crippen molar-refractivity contribution in [3.8, 4) is 0 Å². The van der Waals surface area contributed by atoms with Gasteiger partial charge in [-0.2, -0.15) is 25.3 Å². The first-order valence-electron chi connectivity index (χ1n) is 7.47. The molecule has 31 heavy (non-hydrogen) atoms. The summed E-state index contributed by atoms with van der Waals surface area (Å²) in [7, 11) is -14.4. The van der Waals surface area contributed by atoms with Crippen molar-refractivity contribution < 1.29 is 38.9 Å². The van der Waals surface area contributed by atoms with Crippen LogP contribution >= 0.6 is 0 Å². The number of hydrogen-bond donors (Lipinski definition) is 3. The zero-order chi connectivity index (χ0) is 20.6. The molecule has 152 valence electrons. The Kier molecular flexibility index (Phi) is 9.31. The standard InChI is InChI=1S/C16H10O9S3.3Na.3H/c17-26(18,19)12-6-2-8-1-3-10-13(27(20,21)22)7-14(28(23,24)25)11-5-4-9(12)15(8)16(10)11;;;;;;/h1-7H,(H,17,18,19)(H,20,21,22)(H,23,24,25);;;;;;. The fourth-order valence-electron chi connectivity index (χ4n) is 3.46. The van der Waals surface area contributed by atoms with E-state index in [1.54, 1.807) is 0 Å². The molecule has 0 amide bonds. The average Bonchev–Trinajstić information content (AvgIpc) is 2.55. The summed E-state index contributed by atoms with van der Waals surface area (Å²) in [6.07, 6.45) is 0. The predicted molar refractivity (Wildman–Crippen MR) is 121 cm³/mol. The molecule has 0 radical (unpaired) electrons. The van der Waals surface area contributed by atoms with Gasteiger partial charge < -0.3 is 0 Å². The van der Waals surface area contributed by atoms with Crippen molar-refractivity contribution in [3.63, 3.8) is 0 Å². The Morgan fingerprint density at radius 2 is 0.839 bits per heavy atom. The molecule has 15 heteroatoms. The number of rotatable bonds is 3. The van der Waals surface area contributed by atoms with Crippen LogP contribution in [-0.4, -0.2) is 128 Å². The Balaban J connectivity index is 0.00000160. The fourth-order valence-corrected chi connectivity index (χ4v) is 5.65. The second kappa shape index (κ2) is 9.72. The Bertz CT molecular complexity index is 1580. The summed E-state index contributed by atoms with van der Waals surface area (Å²) in [6, 6.07) is 8.37. The van der Waals surface area contributed by atoms with Crippen molar-refractivity contribution in [1.29, 1.82) is 0 Å². The molecular weight excluding hydrogens is 501 g/mol. The zero-order valence-electron chi connectivity index (χ0n) is 13.6. The van der Waals surface area contributed by atoms with Crippen LogP contribution in [0.3, 0.4) is 0 Å². The molecule has 0 aliphatic heterocycles. The van der Waals surface area contributed by atoms with Gasteiger partial charge in [-0.05, 0) is 22.9 Å². The first-order chi connectivity index (χ1) is 12.8. The molecule has 0 aromatic heterocycles. The van der Waals surface area contributed by atoms with E-state index in [1.807, 2.05) is 0 Å². The van der Waals surface area contributed by atoms with Crippen molar-refractivity contribution in [2.75, 3.05) is 0 Å². The summed E-state index contributed by atoms with van der Waals surface area (Å²) < 4.78 is 99.3. The molecule has 0 spiro atoms. The van der Waals surface area contributed by atoms with E-state index >= 15 is 0 Å². The van der Waals surface area contributed by atoms with E-state index in [0.717, 1.165) is 6.07 Å². The van der Waals surface area contributed by atoms with E-state index in [9.17, 15) is 38.9 Å². The van der Waals surface area contributed by atoms with Crippen LogP contribution in [0.1, 0.15) is 0 Å². The first kappa shape index (κ1) is 29.7. The van der Waals surface area contributed by atoms with Gasteiger partial charge in [0.1, 0.15) is 14.7 Å². The van der Waals surface area contributed by atoms with E-state index in [1.165, 1.54) is 30.3 Å². The van der Waals surface area contributed by atoms with Crippen LogP contribution in [-0.2, 0) is 30.4 Å². The van der Waals surface area contributed by atoms with Gasteiger partial charge in [-0.1, -0.05) is 30.3 Å². The molecule has 0 atom stereocenters. The Hall–Kier alpha value is 0.650. The van der Waals surface area contributed by atoms with Crippen LogP contribution < -0.4 is 0 Å². The second-order valence-corrected chi connectivity index (χ2v) is 10.3. The molecule has 0 fully saturated rings. The zero-order valence-corrected chi connectivity index (χ0v) is 16.0. The van der Waals surface area contributed by atoms with Crippen LogP contribution in [0.15, 0.2) is 57.2 Å². The third-order valence-electron chi connectivity index (χ3n) is 4.50. The topological polar surface area (TPSA) is 163 Å². The van der Waals surface area contributed by atoms with Crippen molar-refractivity contribution >= 4 is 151 Å². The van der Waals surface area contributed by atoms with Crippen molar-refractivity contribution in [2.45, 2.75) is 14.7 Å². The molecule has 0 saturated heterocycles. The van der Waals surface area contributed by atoms with Gasteiger partial charge in [-0.25, -0.2) is 0 Å². The van der Waals surface area contributed by atoms with Crippen LogP contribution in [0.5, 0.6) is 0 Å². The van der Waals surface area contributed by atoms with Crippen molar-refractivity contribution in [3.05, 3.63) is 42.5 Å². The summed E-state index contributed by atoms with van der Waals surface area (Å²) in [5.74, 6) is 0. The molecule has 0 aliphatic rings. The third-order valence-corrected chi connectivity index (χ3v) is 7.20. The van der Waals surface area contributed by atoms with Crippen molar-refractivity contribution in [1.82, 2.24) is 0 Å². The maximum atomic E-state index is 11.8. The van der Waals surface area contributed by atoms with Gasteiger partial charge >= 0.3 is 88.7 Å². The van der Waals surface area contributed by atoms with Gasteiger partial charge in [-0.15, -0.1) is 0 Å². The van der Waals surface area contributed by atoms with E-state index in [0.29, 0.717) is 11.5 Å². The van der Waals surface area contributed by atoms with E-state index in [4.69, 9.17) is 0 Å². The van der Waals surface area contributed by atoms with Gasteiger partial charge in [0.05, 0.1) is 0 Å². The molecule has 4 aromatic rings. The summed E-state index contributed by atoms with van der Waals surface area (Å²) >= 11 is 0. The van der Waals surface area contributed by atoms with E-state index in [2.05, 4.69) is 0 Å². The molecule has 4 aromatic carbocycles. The van der Waals surface area contributed by atoms with Crippen LogP contribution in [0.25, 0.3) is 32.3 Å². The summed E-state index contributed by atoms with van der Waals surface area (Å²) in [6.45, 7) is 0. The Morgan fingerprint density at radius 3 is 1.26 bits per heavy atom. The van der Waals surface area contributed by atoms with E-state index in [-0.39, 0.29) is 116 Å². The molecule has 0 heterocycles.